The Bertz CT molecular complexity index is 689. The van der Waals surface area contributed by atoms with Crippen molar-refractivity contribution in [1.29, 1.82) is 0 Å². The van der Waals surface area contributed by atoms with Gasteiger partial charge in [-0.15, -0.1) is 0 Å². The SMILES string of the molecule is Cc1noc(C)c1CC(=O)NC(C)c1ccc2c(c1)OCO2. The molecule has 0 spiro atoms. The Labute approximate surface area is 128 Å². The molecule has 6 heteroatoms. The summed E-state index contributed by atoms with van der Waals surface area (Å²) in [6.07, 6.45) is 0.260. The highest BCUT2D eigenvalue weighted by Crippen LogP contribution is 2.34. The second-order valence-corrected chi connectivity index (χ2v) is 5.38. The van der Waals surface area contributed by atoms with Gasteiger partial charge in [0.25, 0.3) is 0 Å². The van der Waals surface area contributed by atoms with Crippen molar-refractivity contribution in [2.45, 2.75) is 33.2 Å². The molecule has 1 aliphatic heterocycles. The summed E-state index contributed by atoms with van der Waals surface area (Å²) in [5, 5.41) is 6.84. The van der Waals surface area contributed by atoms with Crippen molar-refractivity contribution in [3.63, 3.8) is 0 Å². The van der Waals surface area contributed by atoms with Crippen LogP contribution >= 0.6 is 0 Å². The monoisotopic (exact) mass is 302 g/mol. The van der Waals surface area contributed by atoms with Gasteiger partial charge in [-0.05, 0) is 38.5 Å². The van der Waals surface area contributed by atoms with Crippen LogP contribution in [0.1, 0.15) is 35.5 Å². The van der Waals surface area contributed by atoms with Gasteiger partial charge in [-0.2, -0.15) is 0 Å². The summed E-state index contributed by atoms with van der Waals surface area (Å²) >= 11 is 0. The van der Waals surface area contributed by atoms with Gasteiger partial charge >= 0.3 is 0 Å². The minimum atomic E-state index is -0.123. The number of amides is 1. The first-order chi connectivity index (χ1) is 10.5. The maximum Gasteiger partial charge on any atom is 0.231 e. The molecule has 1 unspecified atom stereocenters. The van der Waals surface area contributed by atoms with Crippen molar-refractivity contribution in [1.82, 2.24) is 10.5 Å². The largest absolute Gasteiger partial charge is 0.454 e. The van der Waals surface area contributed by atoms with Crippen molar-refractivity contribution in [3.8, 4) is 11.5 Å². The molecule has 116 valence electrons. The molecule has 1 aromatic carbocycles. The summed E-state index contributed by atoms with van der Waals surface area (Å²) in [4.78, 5) is 12.2. The van der Waals surface area contributed by atoms with Crippen LogP contribution in [0.2, 0.25) is 0 Å². The number of carbonyl (C=O) groups excluding carboxylic acids is 1. The summed E-state index contributed by atoms with van der Waals surface area (Å²) in [7, 11) is 0. The molecule has 3 rings (SSSR count). The van der Waals surface area contributed by atoms with E-state index < -0.39 is 0 Å². The van der Waals surface area contributed by atoms with Gasteiger partial charge in [0.15, 0.2) is 11.5 Å². The van der Waals surface area contributed by atoms with Crippen molar-refractivity contribution >= 4 is 5.91 Å². The van der Waals surface area contributed by atoms with Gasteiger partial charge in [0.05, 0.1) is 18.2 Å². The molecule has 2 heterocycles. The summed E-state index contributed by atoms with van der Waals surface area (Å²) < 4.78 is 15.7. The van der Waals surface area contributed by atoms with E-state index in [0.29, 0.717) is 11.5 Å². The minimum absolute atomic E-state index is 0.0698. The molecule has 6 nitrogen and oxygen atoms in total. The second kappa shape index (κ2) is 5.71. The summed E-state index contributed by atoms with van der Waals surface area (Å²) in [5.74, 6) is 2.06. The molecule has 22 heavy (non-hydrogen) atoms. The molecule has 0 fully saturated rings. The van der Waals surface area contributed by atoms with Gasteiger partial charge in [0, 0.05) is 5.56 Å². The number of aromatic nitrogens is 1. The Morgan fingerprint density at radius 1 is 1.32 bits per heavy atom. The first-order valence-electron chi connectivity index (χ1n) is 7.15. The molecule has 1 atom stereocenters. The molecule has 0 saturated heterocycles. The van der Waals surface area contributed by atoms with E-state index in [1.54, 1.807) is 0 Å². The lowest BCUT2D eigenvalue weighted by Crippen LogP contribution is -2.28. The van der Waals surface area contributed by atoms with Crippen LogP contribution in [-0.2, 0) is 11.2 Å². The summed E-state index contributed by atoms with van der Waals surface area (Å²) in [6.45, 7) is 5.82. The van der Waals surface area contributed by atoms with Gasteiger partial charge in [-0.25, -0.2) is 0 Å². The van der Waals surface area contributed by atoms with Crippen LogP contribution in [0.5, 0.6) is 11.5 Å². The number of rotatable bonds is 4. The third kappa shape index (κ3) is 2.77. The number of nitrogens with zero attached hydrogens (tertiary/aromatic N) is 1. The van der Waals surface area contributed by atoms with E-state index in [1.807, 2.05) is 39.0 Å². The third-order valence-corrected chi connectivity index (χ3v) is 3.79. The van der Waals surface area contributed by atoms with E-state index in [9.17, 15) is 4.79 Å². The zero-order valence-electron chi connectivity index (χ0n) is 12.8. The fourth-order valence-electron chi connectivity index (χ4n) is 2.47. The Morgan fingerprint density at radius 2 is 2.09 bits per heavy atom. The van der Waals surface area contributed by atoms with Crippen LogP contribution in [0, 0.1) is 13.8 Å². The Hall–Kier alpha value is -2.50. The molecule has 0 aliphatic carbocycles. The number of hydrogen-bond donors (Lipinski definition) is 1. The number of aryl methyl sites for hydroxylation is 2. The molecule has 0 radical (unpaired) electrons. The van der Waals surface area contributed by atoms with Crippen LogP contribution in [0.15, 0.2) is 22.7 Å². The number of fused-ring (bicyclic) bond motifs is 1. The van der Waals surface area contributed by atoms with Crippen molar-refractivity contribution in [2.75, 3.05) is 6.79 Å². The van der Waals surface area contributed by atoms with Crippen LogP contribution in [0.4, 0.5) is 0 Å². The van der Waals surface area contributed by atoms with E-state index in [0.717, 1.165) is 22.6 Å². The molecule has 0 bridgehead atoms. The number of carbonyl (C=O) groups is 1. The van der Waals surface area contributed by atoms with Crippen LogP contribution in [0.25, 0.3) is 0 Å². The highest BCUT2D eigenvalue weighted by Gasteiger charge is 2.18. The summed E-state index contributed by atoms with van der Waals surface area (Å²) in [5.41, 5.74) is 2.56. The number of ether oxygens (including phenoxy) is 2. The maximum absolute atomic E-state index is 12.2. The lowest BCUT2D eigenvalue weighted by Gasteiger charge is -2.14. The number of benzene rings is 1. The lowest BCUT2D eigenvalue weighted by atomic mass is 10.1. The molecule has 0 saturated carbocycles. The van der Waals surface area contributed by atoms with Crippen LogP contribution < -0.4 is 14.8 Å². The first-order valence-corrected chi connectivity index (χ1v) is 7.15. The molecular formula is C16H18N2O4. The van der Waals surface area contributed by atoms with E-state index in [2.05, 4.69) is 10.5 Å². The molecule has 1 N–H and O–H groups in total. The van der Waals surface area contributed by atoms with Crippen molar-refractivity contribution in [2.24, 2.45) is 0 Å². The van der Waals surface area contributed by atoms with Gasteiger partial charge in [0.1, 0.15) is 5.76 Å². The first kappa shape index (κ1) is 14.4. The lowest BCUT2D eigenvalue weighted by molar-refractivity contribution is -0.121. The fraction of sp³-hybridized carbons (Fsp3) is 0.375. The Balaban J connectivity index is 1.66. The second-order valence-electron chi connectivity index (χ2n) is 5.38. The Morgan fingerprint density at radius 3 is 2.82 bits per heavy atom. The standard InChI is InChI=1S/C16H18N2O4/c1-9(12-4-5-14-15(6-12)21-8-20-14)17-16(19)7-13-10(2)18-22-11(13)3/h4-6,9H,7-8H2,1-3H3,(H,17,19). The van der Waals surface area contributed by atoms with E-state index in [4.69, 9.17) is 14.0 Å². The quantitative estimate of drug-likeness (QED) is 0.939. The van der Waals surface area contributed by atoms with Crippen molar-refractivity contribution < 1.29 is 18.8 Å². The predicted octanol–water partition coefficient (Wildman–Crippen LogP) is 2.44. The van der Waals surface area contributed by atoms with Gasteiger partial charge in [0.2, 0.25) is 12.7 Å². The average Bonchev–Trinajstić information content (AvgIpc) is 3.08. The van der Waals surface area contributed by atoms with E-state index in [-0.39, 0.29) is 25.2 Å². The summed E-state index contributed by atoms with van der Waals surface area (Å²) in [6, 6.07) is 5.55. The number of nitrogens with one attached hydrogen (secondary N) is 1. The van der Waals surface area contributed by atoms with Crippen LogP contribution in [-0.4, -0.2) is 17.9 Å². The van der Waals surface area contributed by atoms with Gasteiger partial charge in [-0.3, -0.25) is 4.79 Å². The zero-order chi connectivity index (χ0) is 15.7. The molecular weight excluding hydrogens is 284 g/mol. The smallest absolute Gasteiger partial charge is 0.231 e. The van der Waals surface area contributed by atoms with Crippen LogP contribution in [0.3, 0.4) is 0 Å². The van der Waals surface area contributed by atoms with Gasteiger partial charge in [-0.1, -0.05) is 11.2 Å². The zero-order valence-corrected chi connectivity index (χ0v) is 12.8. The average molecular weight is 302 g/mol. The highest BCUT2D eigenvalue weighted by molar-refractivity contribution is 5.79. The van der Waals surface area contributed by atoms with E-state index in [1.165, 1.54) is 0 Å². The van der Waals surface area contributed by atoms with Crippen molar-refractivity contribution in [3.05, 3.63) is 40.8 Å². The molecule has 2 aromatic rings. The molecule has 1 amide bonds. The fourth-order valence-corrected chi connectivity index (χ4v) is 2.47. The minimum Gasteiger partial charge on any atom is -0.454 e. The predicted molar refractivity (Wildman–Crippen MR) is 78.8 cm³/mol. The molecule has 1 aromatic heterocycles. The normalized spacial score (nSPS) is 14.0. The topological polar surface area (TPSA) is 73.6 Å². The van der Waals surface area contributed by atoms with Gasteiger partial charge < -0.3 is 19.3 Å². The number of hydrogen-bond acceptors (Lipinski definition) is 5. The molecule has 1 aliphatic rings. The Kier molecular flexibility index (Phi) is 3.75. The highest BCUT2D eigenvalue weighted by atomic mass is 16.7. The van der Waals surface area contributed by atoms with E-state index >= 15 is 0 Å². The maximum atomic E-state index is 12.2. The third-order valence-electron chi connectivity index (χ3n) is 3.79.